The predicted molar refractivity (Wildman–Crippen MR) is 114 cm³/mol. The minimum absolute atomic E-state index is 0. The smallest absolute Gasteiger partial charge is 0.191 e. The molecule has 6 nitrogen and oxygen atoms in total. The molecular weight excluding hydrogens is 495 g/mol. The number of fused-ring (bicyclic) bond motifs is 1. The molecule has 0 atom stereocenters. The first-order valence-electron chi connectivity index (χ1n) is 7.81. The standard InChI is InChI=1S/C17H19BrN6.HI/c1-2-19-17(20-11-13-6-5-7-14(18)10-13)21-12-16-23-22-15-8-3-4-9-24(15)16;/h3-10H,2,11-12H2,1H3,(H2,19,20,21);1H. The van der Waals surface area contributed by atoms with Crippen molar-refractivity contribution in [3.05, 3.63) is 64.5 Å². The Hall–Kier alpha value is -1.68. The quantitative estimate of drug-likeness (QED) is 0.311. The van der Waals surface area contributed by atoms with Crippen LogP contribution in [0.3, 0.4) is 0 Å². The molecule has 0 unspecified atom stereocenters. The summed E-state index contributed by atoms with van der Waals surface area (Å²) in [4.78, 5) is 4.62. The SMILES string of the molecule is CCNC(=NCc1cccc(Br)c1)NCc1nnc2ccccn12.I. The summed E-state index contributed by atoms with van der Waals surface area (Å²) in [5.41, 5.74) is 1.99. The van der Waals surface area contributed by atoms with E-state index in [0.717, 1.165) is 34.0 Å². The van der Waals surface area contributed by atoms with Gasteiger partial charge in [0.1, 0.15) is 0 Å². The third-order valence-electron chi connectivity index (χ3n) is 3.45. The molecule has 0 aliphatic carbocycles. The number of nitrogens with zero attached hydrogens (tertiary/aromatic N) is 4. The van der Waals surface area contributed by atoms with Gasteiger partial charge in [0.05, 0.1) is 13.1 Å². The maximum Gasteiger partial charge on any atom is 0.191 e. The van der Waals surface area contributed by atoms with Gasteiger partial charge in [-0.2, -0.15) is 0 Å². The number of hydrogen-bond acceptors (Lipinski definition) is 3. The van der Waals surface area contributed by atoms with Crippen LogP contribution in [0, 0.1) is 0 Å². The first kappa shape index (κ1) is 19.6. The van der Waals surface area contributed by atoms with Crippen LogP contribution in [0.25, 0.3) is 5.65 Å². The molecule has 0 saturated heterocycles. The highest BCUT2D eigenvalue weighted by molar-refractivity contribution is 14.0. The number of hydrogen-bond donors (Lipinski definition) is 2. The summed E-state index contributed by atoms with van der Waals surface area (Å²) in [5.74, 6) is 1.60. The second-order valence-corrected chi connectivity index (χ2v) is 6.14. The number of guanidine groups is 1. The van der Waals surface area contributed by atoms with Gasteiger partial charge in [0.15, 0.2) is 17.4 Å². The summed E-state index contributed by atoms with van der Waals surface area (Å²) in [5, 5.41) is 14.9. The van der Waals surface area contributed by atoms with Crippen molar-refractivity contribution in [1.82, 2.24) is 25.2 Å². The highest BCUT2D eigenvalue weighted by Crippen LogP contribution is 2.12. The molecule has 0 aliphatic heterocycles. The van der Waals surface area contributed by atoms with E-state index in [1.54, 1.807) is 0 Å². The third-order valence-corrected chi connectivity index (χ3v) is 3.94. The Bertz CT molecular complexity index is 848. The van der Waals surface area contributed by atoms with E-state index >= 15 is 0 Å². The van der Waals surface area contributed by atoms with Crippen LogP contribution in [0.4, 0.5) is 0 Å². The van der Waals surface area contributed by atoms with Gasteiger partial charge in [-0.1, -0.05) is 34.1 Å². The average Bonchev–Trinajstić information content (AvgIpc) is 3.01. The van der Waals surface area contributed by atoms with Crippen molar-refractivity contribution < 1.29 is 0 Å². The Morgan fingerprint density at radius 2 is 2.04 bits per heavy atom. The Balaban J connectivity index is 0.00000225. The van der Waals surface area contributed by atoms with Crippen LogP contribution in [-0.2, 0) is 13.1 Å². The van der Waals surface area contributed by atoms with Crippen LogP contribution in [0.5, 0.6) is 0 Å². The van der Waals surface area contributed by atoms with Gasteiger partial charge in [0.25, 0.3) is 0 Å². The zero-order valence-corrected chi connectivity index (χ0v) is 17.7. The van der Waals surface area contributed by atoms with E-state index in [0.29, 0.717) is 13.1 Å². The Morgan fingerprint density at radius 1 is 1.16 bits per heavy atom. The Labute approximate surface area is 172 Å². The fraction of sp³-hybridized carbons (Fsp3) is 0.235. The number of nitrogens with one attached hydrogen (secondary N) is 2. The second-order valence-electron chi connectivity index (χ2n) is 5.22. The van der Waals surface area contributed by atoms with Crippen LogP contribution in [0.15, 0.2) is 58.1 Å². The maximum absolute atomic E-state index is 4.62. The minimum Gasteiger partial charge on any atom is -0.357 e. The summed E-state index contributed by atoms with van der Waals surface area (Å²) in [6, 6.07) is 14.0. The lowest BCUT2D eigenvalue weighted by Gasteiger charge is -2.10. The van der Waals surface area contributed by atoms with Gasteiger partial charge < -0.3 is 10.6 Å². The van der Waals surface area contributed by atoms with Crippen LogP contribution in [0.2, 0.25) is 0 Å². The van der Waals surface area contributed by atoms with E-state index in [9.17, 15) is 0 Å². The van der Waals surface area contributed by atoms with E-state index in [-0.39, 0.29) is 24.0 Å². The van der Waals surface area contributed by atoms with Crippen molar-refractivity contribution in [2.45, 2.75) is 20.0 Å². The highest BCUT2D eigenvalue weighted by atomic mass is 127. The largest absolute Gasteiger partial charge is 0.357 e. The summed E-state index contributed by atoms with van der Waals surface area (Å²) >= 11 is 3.48. The third kappa shape index (κ3) is 5.40. The van der Waals surface area contributed by atoms with Gasteiger partial charge in [0, 0.05) is 17.2 Å². The molecule has 0 amide bonds. The molecule has 2 aromatic heterocycles. The van der Waals surface area contributed by atoms with Crippen LogP contribution >= 0.6 is 39.9 Å². The molecule has 1 aromatic carbocycles. The molecule has 0 fully saturated rings. The number of aliphatic imine (C=N–C) groups is 1. The second kappa shape index (κ2) is 9.71. The molecule has 0 aliphatic rings. The molecule has 2 N–H and O–H groups in total. The van der Waals surface area contributed by atoms with E-state index in [4.69, 9.17) is 0 Å². The summed E-state index contributed by atoms with van der Waals surface area (Å²) in [6.07, 6.45) is 1.96. The van der Waals surface area contributed by atoms with Crippen LogP contribution in [-0.4, -0.2) is 27.1 Å². The first-order valence-corrected chi connectivity index (χ1v) is 8.61. The number of pyridine rings is 1. The van der Waals surface area contributed by atoms with Crippen LogP contribution in [0.1, 0.15) is 18.3 Å². The topological polar surface area (TPSA) is 66.6 Å². The van der Waals surface area contributed by atoms with Crippen molar-refractivity contribution >= 4 is 51.5 Å². The molecule has 0 radical (unpaired) electrons. The normalized spacial score (nSPS) is 11.2. The summed E-state index contributed by atoms with van der Waals surface area (Å²) < 4.78 is 3.02. The molecule has 3 aromatic rings. The summed E-state index contributed by atoms with van der Waals surface area (Å²) in [7, 11) is 0. The average molecular weight is 515 g/mol. The van der Waals surface area contributed by atoms with E-state index < -0.39 is 0 Å². The lowest BCUT2D eigenvalue weighted by atomic mass is 10.2. The maximum atomic E-state index is 4.62. The predicted octanol–water partition coefficient (Wildman–Crippen LogP) is 3.37. The van der Waals surface area contributed by atoms with Crippen molar-refractivity contribution in [1.29, 1.82) is 0 Å². The number of aromatic nitrogens is 3. The fourth-order valence-corrected chi connectivity index (χ4v) is 2.77. The molecule has 0 spiro atoms. The molecule has 0 bridgehead atoms. The molecule has 25 heavy (non-hydrogen) atoms. The lowest BCUT2D eigenvalue weighted by molar-refractivity contribution is 0.765. The number of halogens is 2. The number of rotatable bonds is 5. The van der Waals surface area contributed by atoms with Gasteiger partial charge in [0.2, 0.25) is 0 Å². The van der Waals surface area contributed by atoms with E-state index in [1.165, 1.54) is 0 Å². The molecule has 0 saturated carbocycles. The van der Waals surface area contributed by atoms with E-state index in [2.05, 4.69) is 53.9 Å². The molecule has 3 rings (SSSR count). The minimum atomic E-state index is 0. The van der Waals surface area contributed by atoms with E-state index in [1.807, 2.05) is 47.9 Å². The summed E-state index contributed by atoms with van der Waals surface area (Å²) in [6.45, 7) is 4.00. The Kier molecular flexibility index (Phi) is 7.63. The van der Waals surface area contributed by atoms with Crippen LogP contribution < -0.4 is 10.6 Å². The van der Waals surface area contributed by atoms with Gasteiger partial charge >= 0.3 is 0 Å². The van der Waals surface area contributed by atoms with Gasteiger partial charge in [-0.3, -0.25) is 4.40 Å². The molecule has 132 valence electrons. The zero-order chi connectivity index (χ0) is 16.8. The zero-order valence-electron chi connectivity index (χ0n) is 13.8. The van der Waals surface area contributed by atoms with Gasteiger partial charge in [-0.15, -0.1) is 34.2 Å². The van der Waals surface area contributed by atoms with Gasteiger partial charge in [-0.25, -0.2) is 4.99 Å². The highest BCUT2D eigenvalue weighted by Gasteiger charge is 2.05. The van der Waals surface area contributed by atoms with Gasteiger partial charge in [-0.05, 0) is 36.8 Å². The van der Waals surface area contributed by atoms with Crippen molar-refractivity contribution in [3.8, 4) is 0 Å². The Morgan fingerprint density at radius 3 is 2.84 bits per heavy atom. The van der Waals surface area contributed by atoms with Crippen molar-refractivity contribution in [2.75, 3.05) is 6.54 Å². The van der Waals surface area contributed by atoms with Crippen molar-refractivity contribution in [2.24, 2.45) is 4.99 Å². The molecular formula is C17H20BrIN6. The van der Waals surface area contributed by atoms with Crippen molar-refractivity contribution in [3.63, 3.8) is 0 Å². The monoisotopic (exact) mass is 514 g/mol. The number of benzene rings is 1. The first-order chi connectivity index (χ1) is 11.8. The fourth-order valence-electron chi connectivity index (χ4n) is 2.32. The molecule has 8 heteroatoms. The lowest BCUT2D eigenvalue weighted by Crippen LogP contribution is -2.37. The molecule has 2 heterocycles.